The Bertz CT molecular complexity index is 370. The largest absolute Gasteiger partial charge is 0.377 e. The summed E-state index contributed by atoms with van der Waals surface area (Å²) in [6.07, 6.45) is 1.78. The summed E-state index contributed by atoms with van der Waals surface area (Å²) in [7, 11) is 0. The fourth-order valence-electron chi connectivity index (χ4n) is 1.84. The van der Waals surface area contributed by atoms with Gasteiger partial charge in [-0.15, -0.1) is 0 Å². The van der Waals surface area contributed by atoms with E-state index in [1.54, 1.807) is 6.20 Å². The first-order valence-corrected chi connectivity index (χ1v) is 5.37. The van der Waals surface area contributed by atoms with Gasteiger partial charge in [-0.2, -0.15) is 4.98 Å². The molecule has 1 unspecified atom stereocenters. The molecule has 1 aromatic rings. The molecule has 6 heteroatoms. The zero-order valence-electron chi connectivity index (χ0n) is 9.60. The summed E-state index contributed by atoms with van der Waals surface area (Å²) in [5, 5.41) is 0. The van der Waals surface area contributed by atoms with E-state index in [0.717, 1.165) is 31.1 Å². The highest BCUT2D eigenvalue weighted by Gasteiger charge is 2.22. The number of aromatic nitrogens is 2. The van der Waals surface area contributed by atoms with Gasteiger partial charge in [-0.1, -0.05) is 0 Å². The predicted molar refractivity (Wildman–Crippen MR) is 62.2 cm³/mol. The highest BCUT2D eigenvalue weighted by molar-refractivity contribution is 5.49. The van der Waals surface area contributed by atoms with Crippen LogP contribution in [0.15, 0.2) is 6.20 Å². The Morgan fingerprint density at radius 1 is 1.62 bits per heavy atom. The molecule has 0 spiro atoms. The highest BCUT2D eigenvalue weighted by Crippen LogP contribution is 2.21. The predicted octanol–water partition coefficient (Wildman–Crippen LogP) is 0.296. The minimum absolute atomic E-state index is 0.327. The number of rotatable bonds is 2. The summed E-state index contributed by atoms with van der Waals surface area (Å²) in [6.45, 7) is 6.44. The Morgan fingerprint density at radius 3 is 3.12 bits per heavy atom. The van der Waals surface area contributed by atoms with E-state index in [4.69, 9.17) is 10.6 Å². The van der Waals surface area contributed by atoms with Gasteiger partial charge in [0, 0.05) is 18.3 Å². The molecule has 1 fully saturated rings. The van der Waals surface area contributed by atoms with Crippen molar-refractivity contribution in [2.45, 2.75) is 19.9 Å². The molecule has 2 rings (SSSR count). The third kappa shape index (κ3) is 2.07. The van der Waals surface area contributed by atoms with Crippen LogP contribution >= 0.6 is 0 Å². The average Bonchev–Trinajstić information content (AvgIpc) is 2.31. The molecule has 1 atom stereocenters. The van der Waals surface area contributed by atoms with E-state index in [1.165, 1.54) is 0 Å². The number of hydrazine groups is 1. The summed E-state index contributed by atoms with van der Waals surface area (Å²) >= 11 is 0. The minimum atomic E-state index is 0.327. The normalized spacial score (nSPS) is 20.9. The molecule has 0 bridgehead atoms. The Kier molecular flexibility index (Phi) is 3.21. The first-order chi connectivity index (χ1) is 7.72. The van der Waals surface area contributed by atoms with Gasteiger partial charge in [0.25, 0.3) is 0 Å². The number of nitrogen functional groups attached to an aromatic ring is 1. The SMILES string of the molecule is Cc1cnc(NN)nc1N1CCOCC1C. The maximum absolute atomic E-state index is 5.40. The smallest absolute Gasteiger partial charge is 0.239 e. The summed E-state index contributed by atoms with van der Waals surface area (Å²) in [5.41, 5.74) is 3.52. The zero-order chi connectivity index (χ0) is 11.5. The lowest BCUT2D eigenvalue weighted by molar-refractivity contribution is 0.0985. The summed E-state index contributed by atoms with van der Waals surface area (Å²) in [5.74, 6) is 6.69. The van der Waals surface area contributed by atoms with Crippen molar-refractivity contribution in [2.75, 3.05) is 30.1 Å². The second-order valence-electron chi connectivity index (χ2n) is 3.96. The number of aryl methyl sites for hydroxylation is 1. The van der Waals surface area contributed by atoms with Crippen LogP contribution in [0.4, 0.5) is 11.8 Å². The molecule has 1 aromatic heterocycles. The quantitative estimate of drug-likeness (QED) is 0.554. The van der Waals surface area contributed by atoms with Gasteiger partial charge in [0.05, 0.1) is 19.3 Å². The summed E-state index contributed by atoms with van der Waals surface area (Å²) < 4.78 is 5.40. The van der Waals surface area contributed by atoms with Crippen molar-refractivity contribution in [3.05, 3.63) is 11.8 Å². The van der Waals surface area contributed by atoms with Gasteiger partial charge in [-0.05, 0) is 13.8 Å². The van der Waals surface area contributed by atoms with Crippen LogP contribution in [-0.4, -0.2) is 35.8 Å². The number of morpholine rings is 1. The van der Waals surface area contributed by atoms with Crippen LogP contribution in [-0.2, 0) is 4.74 Å². The molecule has 0 saturated carbocycles. The van der Waals surface area contributed by atoms with Crippen LogP contribution in [0.2, 0.25) is 0 Å². The molecule has 2 heterocycles. The molecule has 3 N–H and O–H groups in total. The Labute approximate surface area is 94.8 Å². The molecule has 1 aliphatic rings. The van der Waals surface area contributed by atoms with Crippen molar-refractivity contribution in [1.82, 2.24) is 9.97 Å². The van der Waals surface area contributed by atoms with Crippen LogP contribution in [0.25, 0.3) is 0 Å². The average molecular weight is 223 g/mol. The molecule has 1 saturated heterocycles. The van der Waals surface area contributed by atoms with Gasteiger partial charge in [-0.25, -0.2) is 10.8 Å². The third-order valence-electron chi connectivity index (χ3n) is 2.71. The van der Waals surface area contributed by atoms with Crippen LogP contribution in [0, 0.1) is 6.92 Å². The number of nitrogens with zero attached hydrogens (tertiary/aromatic N) is 3. The lowest BCUT2D eigenvalue weighted by Gasteiger charge is -2.35. The van der Waals surface area contributed by atoms with Gasteiger partial charge in [-0.3, -0.25) is 5.43 Å². The van der Waals surface area contributed by atoms with E-state index >= 15 is 0 Å². The van der Waals surface area contributed by atoms with E-state index < -0.39 is 0 Å². The molecule has 0 radical (unpaired) electrons. The van der Waals surface area contributed by atoms with Crippen LogP contribution in [0.1, 0.15) is 12.5 Å². The van der Waals surface area contributed by atoms with E-state index in [0.29, 0.717) is 12.0 Å². The van der Waals surface area contributed by atoms with Crippen molar-refractivity contribution in [2.24, 2.45) is 5.84 Å². The van der Waals surface area contributed by atoms with E-state index in [9.17, 15) is 0 Å². The number of nitrogens with one attached hydrogen (secondary N) is 1. The minimum Gasteiger partial charge on any atom is -0.377 e. The Balaban J connectivity index is 2.30. The standard InChI is InChI=1S/C10H17N5O/c1-7-5-12-10(14-11)13-9(7)15-3-4-16-6-8(15)2/h5,8H,3-4,6,11H2,1-2H3,(H,12,13,14). The number of hydrogen-bond acceptors (Lipinski definition) is 6. The fraction of sp³-hybridized carbons (Fsp3) is 0.600. The van der Waals surface area contributed by atoms with Crippen molar-refractivity contribution in [1.29, 1.82) is 0 Å². The second-order valence-corrected chi connectivity index (χ2v) is 3.96. The van der Waals surface area contributed by atoms with E-state index in [-0.39, 0.29) is 0 Å². The van der Waals surface area contributed by atoms with Gasteiger partial charge in [0.15, 0.2) is 0 Å². The van der Waals surface area contributed by atoms with Crippen LogP contribution in [0.5, 0.6) is 0 Å². The first kappa shape index (κ1) is 11.1. The van der Waals surface area contributed by atoms with Gasteiger partial charge < -0.3 is 9.64 Å². The summed E-state index contributed by atoms with van der Waals surface area (Å²) in [4.78, 5) is 10.7. The van der Waals surface area contributed by atoms with Crippen LogP contribution in [0.3, 0.4) is 0 Å². The molecular formula is C10H17N5O. The number of ether oxygens (including phenoxy) is 1. The summed E-state index contributed by atoms with van der Waals surface area (Å²) in [6, 6.07) is 0.327. The van der Waals surface area contributed by atoms with Gasteiger partial charge in [0.2, 0.25) is 5.95 Å². The Morgan fingerprint density at radius 2 is 2.44 bits per heavy atom. The molecule has 0 aromatic carbocycles. The monoisotopic (exact) mass is 223 g/mol. The van der Waals surface area contributed by atoms with Crippen molar-refractivity contribution < 1.29 is 4.74 Å². The van der Waals surface area contributed by atoms with E-state index in [2.05, 4.69) is 27.2 Å². The first-order valence-electron chi connectivity index (χ1n) is 5.37. The van der Waals surface area contributed by atoms with Crippen molar-refractivity contribution >= 4 is 11.8 Å². The van der Waals surface area contributed by atoms with Gasteiger partial charge >= 0.3 is 0 Å². The maximum Gasteiger partial charge on any atom is 0.239 e. The van der Waals surface area contributed by atoms with Crippen molar-refractivity contribution in [3.8, 4) is 0 Å². The molecule has 0 amide bonds. The topological polar surface area (TPSA) is 76.3 Å². The van der Waals surface area contributed by atoms with Crippen molar-refractivity contribution in [3.63, 3.8) is 0 Å². The second kappa shape index (κ2) is 4.63. The van der Waals surface area contributed by atoms with Gasteiger partial charge in [0.1, 0.15) is 5.82 Å². The van der Waals surface area contributed by atoms with E-state index in [1.807, 2.05) is 6.92 Å². The van der Waals surface area contributed by atoms with Crippen LogP contribution < -0.4 is 16.2 Å². The molecule has 88 valence electrons. The molecule has 16 heavy (non-hydrogen) atoms. The lowest BCUT2D eigenvalue weighted by Crippen LogP contribution is -2.44. The zero-order valence-corrected chi connectivity index (χ0v) is 9.60. The maximum atomic E-state index is 5.40. The Hall–Kier alpha value is -1.40. The molecule has 0 aliphatic carbocycles. The molecule has 6 nitrogen and oxygen atoms in total. The fourth-order valence-corrected chi connectivity index (χ4v) is 1.84. The lowest BCUT2D eigenvalue weighted by atomic mass is 10.2. The number of anilines is 2. The number of nitrogens with two attached hydrogens (primary N) is 1. The highest BCUT2D eigenvalue weighted by atomic mass is 16.5. The third-order valence-corrected chi connectivity index (χ3v) is 2.71. The molecular weight excluding hydrogens is 206 g/mol. The number of hydrogen-bond donors (Lipinski definition) is 2. The molecule has 1 aliphatic heterocycles.